The number of aromatic nitrogens is 2. The SMILES string of the molecule is CCCn1nc(C(=O)NNC(=O)c2cccc(Br)c2)c2ccccc2c1=O. The highest BCUT2D eigenvalue weighted by Crippen LogP contribution is 2.14. The molecule has 2 aromatic carbocycles. The van der Waals surface area contributed by atoms with Gasteiger partial charge in [-0.25, -0.2) is 4.68 Å². The molecule has 0 fully saturated rings. The lowest BCUT2D eigenvalue weighted by Gasteiger charge is -2.11. The number of hydrogen-bond donors (Lipinski definition) is 2. The molecule has 0 spiro atoms. The number of rotatable bonds is 4. The van der Waals surface area contributed by atoms with Gasteiger partial charge in [-0.15, -0.1) is 0 Å². The van der Waals surface area contributed by atoms with Crippen molar-refractivity contribution in [1.82, 2.24) is 20.6 Å². The molecule has 0 unspecified atom stereocenters. The Labute approximate surface area is 163 Å². The quantitative estimate of drug-likeness (QED) is 0.624. The summed E-state index contributed by atoms with van der Waals surface area (Å²) in [5, 5.41) is 5.03. The molecule has 7 nitrogen and oxygen atoms in total. The summed E-state index contributed by atoms with van der Waals surface area (Å²) in [4.78, 5) is 37.3. The molecule has 0 aliphatic heterocycles. The third-order valence-corrected chi connectivity index (χ3v) is 4.39. The maximum absolute atomic E-state index is 12.6. The van der Waals surface area contributed by atoms with Gasteiger partial charge >= 0.3 is 0 Å². The number of fused-ring (bicyclic) bond motifs is 1. The molecule has 0 saturated heterocycles. The molecule has 1 aromatic heterocycles. The first-order valence-electron chi connectivity index (χ1n) is 8.37. The third kappa shape index (κ3) is 4.06. The molecule has 0 aliphatic carbocycles. The molecule has 8 heteroatoms. The van der Waals surface area contributed by atoms with E-state index in [-0.39, 0.29) is 11.3 Å². The fourth-order valence-electron chi connectivity index (χ4n) is 2.64. The minimum absolute atomic E-state index is 0.0770. The van der Waals surface area contributed by atoms with Gasteiger partial charge < -0.3 is 0 Å². The van der Waals surface area contributed by atoms with Crippen LogP contribution in [0.15, 0.2) is 57.8 Å². The number of hydrazine groups is 1. The van der Waals surface area contributed by atoms with E-state index in [9.17, 15) is 14.4 Å². The van der Waals surface area contributed by atoms with E-state index in [0.29, 0.717) is 29.3 Å². The molecule has 0 radical (unpaired) electrons. The van der Waals surface area contributed by atoms with Crippen LogP contribution in [0.2, 0.25) is 0 Å². The van der Waals surface area contributed by atoms with Crippen molar-refractivity contribution in [1.29, 1.82) is 0 Å². The van der Waals surface area contributed by atoms with Gasteiger partial charge in [-0.3, -0.25) is 25.2 Å². The molecule has 3 rings (SSSR count). The van der Waals surface area contributed by atoms with Gasteiger partial charge in [0.2, 0.25) is 0 Å². The summed E-state index contributed by atoms with van der Waals surface area (Å²) < 4.78 is 2.02. The first-order valence-corrected chi connectivity index (χ1v) is 9.16. The van der Waals surface area contributed by atoms with Crippen LogP contribution in [0.5, 0.6) is 0 Å². The Morgan fingerprint density at radius 2 is 1.74 bits per heavy atom. The second-order valence-corrected chi connectivity index (χ2v) is 6.76. The first kappa shape index (κ1) is 18.8. The summed E-state index contributed by atoms with van der Waals surface area (Å²) in [5.74, 6) is -1.06. The fourth-order valence-corrected chi connectivity index (χ4v) is 3.04. The van der Waals surface area contributed by atoms with Crippen molar-refractivity contribution in [2.75, 3.05) is 0 Å². The van der Waals surface area contributed by atoms with E-state index >= 15 is 0 Å². The molecule has 138 valence electrons. The van der Waals surface area contributed by atoms with Crippen LogP contribution in [0.3, 0.4) is 0 Å². The summed E-state index contributed by atoms with van der Waals surface area (Å²) in [5.41, 5.74) is 4.95. The minimum atomic E-state index is -0.598. The maximum Gasteiger partial charge on any atom is 0.290 e. The fraction of sp³-hybridized carbons (Fsp3) is 0.158. The van der Waals surface area contributed by atoms with Gasteiger partial charge in [0.05, 0.1) is 5.39 Å². The molecule has 2 N–H and O–H groups in total. The Hall–Kier alpha value is -3.00. The lowest BCUT2D eigenvalue weighted by molar-refractivity contribution is 0.0843. The summed E-state index contributed by atoms with van der Waals surface area (Å²) in [6, 6.07) is 13.5. The van der Waals surface area contributed by atoms with Crippen molar-refractivity contribution >= 4 is 38.5 Å². The summed E-state index contributed by atoms with van der Waals surface area (Å²) >= 11 is 3.29. The average Bonchev–Trinajstić information content (AvgIpc) is 2.68. The number of amides is 2. The van der Waals surface area contributed by atoms with Crippen molar-refractivity contribution in [2.24, 2.45) is 0 Å². The molecule has 2 amide bonds. The molecule has 0 atom stereocenters. The monoisotopic (exact) mass is 428 g/mol. The van der Waals surface area contributed by atoms with Crippen LogP contribution in [0.25, 0.3) is 10.8 Å². The highest BCUT2D eigenvalue weighted by Gasteiger charge is 2.17. The molecule has 0 bridgehead atoms. The second kappa shape index (κ2) is 8.13. The van der Waals surface area contributed by atoms with Crippen molar-refractivity contribution < 1.29 is 9.59 Å². The van der Waals surface area contributed by atoms with Crippen molar-refractivity contribution in [3.63, 3.8) is 0 Å². The summed E-state index contributed by atoms with van der Waals surface area (Å²) in [6.07, 6.45) is 0.700. The average molecular weight is 429 g/mol. The van der Waals surface area contributed by atoms with Gasteiger partial charge in [0.1, 0.15) is 0 Å². The largest absolute Gasteiger partial charge is 0.290 e. The van der Waals surface area contributed by atoms with Crippen molar-refractivity contribution in [3.8, 4) is 0 Å². The third-order valence-electron chi connectivity index (χ3n) is 3.89. The van der Waals surface area contributed by atoms with Crippen LogP contribution in [-0.4, -0.2) is 21.6 Å². The van der Waals surface area contributed by atoms with E-state index in [2.05, 4.69) is 31.9 Å². The molecule has 0 aliphatic rings. The van der Waals surface area contributed by atoms with E-state index in [4.69, 9.17) is 0 Å². The Kier molecular flexibility index (Phi) is 5.66. The van der Waals surface area contributed by atoms with E-state index in [0.717, 1.165) is 4.47 Å². The number of carbonyl (C=O) groups is 2. The zero-order valence-corrected chi connectivity index (χ0v) is 16.1. The molecule has 3 aromatic rings. The number of hydrogen-bond acceptors (Lipinski definition) is 4. The van der Waals surface area contributed by atoms with E-state index < -0.39 is 11.8 Å². The van der Waals surface area contributed by atoms with E-state index in [1.54, 1.807) is 48.5 Å². The van der Waals surface area contributed by atoms with Crippen LogP contribution in [-0.2, 0) is 6.54 Å². The van der Waals surface area contributed by atoms with Gasteiger partial charge in [0.25, 0.3) is 17.4 Å². The minimum Gasteiger partial charge on any atom is -0.267 e. The highest BCUT2D eigenvalue weighted by molar-refractivity contribution is 9.10. The number of halogens is 1. The Morgan fingerprint density at radius 3 is 2.44 bits per heavy atom. The Balaban J connectivity index is 1.88. The topological polar surface area (TPSA) is 93.1 Å². The lowest BCUT2D eigenvalue weighted by Crippen LogP contribution is -2.42. The predicted molar refractivity (Wildman–Crippen MR) is 105 cm³/mol. The smallest absolute Gasteiger partial charge is 0.267 e. The highest BCUT2D eigenvalue weighted by atomic mass is 79.9. The van der Waals surface area contributed by atoms with Gasteiger partial charge in [-0.1, -0.05) is 47.1 Å². The number of benzene rings is 2. The van der Waals surface area contributed by atoms with Gasteiger partial charge in [-0.2, -0.15) is 5.10 Å². The number of carbonyl (C=O) groups excluding carboxylic acids is 2. The number of aryl methyl sites for hydroxylation is 1. The number of nitrogens with one attached hydrogen (secondary N) is 2. The van der Waals surface area contributed by atoms with Crippen LogP contribution in [0, 0.1) is 0 Å². The second-order valence-electron chi connectivity index (χ2n) is 5.84. The molecule has 0 saturated carbocycles. The first-order chi connectivity index (χ1) is 13.0. The van der Waals surface area contributed by atoms with Gasteiger partial charge in [0, 0.05) is 22.0 Å². The molecule has 1 heterocycles. The van der Waals surface area contributed by atoms with E-state index in [1.807, 2.05) is 6.92 Å². The van der Waals surface area contributed by atoms with Gasteiger partial charge in [-0.05, 0) is 30.7 Å². The van der Waals surface area contributed by atoms with Crippen LogP contribution in [0.4, 0.5) is 0 Å². The Morgan fingerprint density at radius 1 is 1.04 bits per heavy atom. The predicted octanol–water partition coefficient (Wildman–Crippen LogP) is 2.64. The zero-order valence-electron chi connectivity index (χ0n) is 14.5. The summed E-state index contributed by atoms with van der Waals surface area (Å²) in [7, 11) is 0. The van der Waals surface area contributed by atoms with Crippen molar-refractivity contribution in [3.05, 3.63) is 74.6 Å². The molecular formula is C19H17BrN4O3. The molecular weight excluding hydrogens is 412 g/mol. The van der Waals surface area contributed by atoms with Gasteiger partial charge in [0.15, 0.2) is 5.69 Å². The Bertz CT molecular complexity index is 1080. The maximum atomic E-state index is 12.6. The zero-order chi connectivity index (χ0) is 19.4. The molecule has 27 heavy (non-hydrogen) atoms. The summed E-state index contributed by atoms with van der Waals surface area (Å²) in [6.45, 7) is 2.32. The van der Waals surface area contributed by atoms with E-state index in [1.165, 1.54) is 4.68 Å². The normalized spacial score (nSPS) is 10.6. The standard InChI is InChI=1S/C19H17BrN4O3/c1-2-10-24-19(27)15-9-4-3-8-14(15)16(23-24)18(26)22-21-17(25)12-6-5-7-13(20)11-12/h3-9,11H,2,10H2,1H3,(H,21,25)(H,22,26). The van der Waals surface area contributed by atoms with Crippen LogP contribution < -0.4 is 16.4 Å². The number of nitrogens with zero attached hydrogens (tertiary/aromatic N) is 2. The van der Waals surface area contributed by atoms with Crippen molar-refractivity contribution in [2.45, 2.75) is 19.9 Å². The van der Waals surface area contributed by atoms with Crippen LogP contribution in [0.1, 0.15) is 34.2 Å². The van der Waals surface area contributed by atoms with Crippen LogP contribution >= 0.6 is 15.9 Å². The lowest BCUT2D eigenvalue weighted by atomic mass is 10.1.